The first-order chi connectivity index (χ1) is 7.72. The fourth-order valence-electron chi connectivity index (χ4n) is 2.27. The van der Waals surface area contributed by atoms with E-state index in [0.717, 1.165) is 19.6 Å². The molecule has 0 aromatic rings. The summed E-state index contributed by atoms with van der Waals surface area (Å²) in [5.41, 5.74) is 0.156. The summed E-state index contributed by atoms with van der Waals surface area (Å²) in [4.78, 5) is 2.39. The van der Waals surface area contributed by atoms with Gasteiger partial charge in [-0.3, -0.25) is 0 Å². The molecule has 2 nitrogen and oxygen atoms in total. The van der Waals surface area contributed by atoms with E-state index in [1.165, 1.54) is 6.42 Å². The normalized spacial score (nSPS) is 32.8. The first-order valence-corrected chi connectivity index (χ1v) is 6.71. The zero-order chi connectivity index (χ0) is 12.6. The van der Waals surface area contributed by atoms with Crippen molar-refractivity contribution >= 4 is 0 Å². The standard InChI is InChI=1S/C10H17NO.2C2H6/c1-9-7-10(8-11(9)2)5-3-4-6-12-10;2*1-2/h3-4,9H,5-8H2,1-2H3;2*1-2H3. The third-order valence-corrected chi connectivity index (χ3v) is 3.10. The van der Waals surface area contributed by atoms with Crippen LogP contribution in [0.4, 0.5) is 0 Å². The molecule has 2 aliphatic rings. The molecular weight excluding hydrogens is 198 g/mol. The van der Waals surface area contributed by atoms with Gasteiger partial charge in [-0.1, -0.05) is 39.8 Å². The molecule has 1 fully saturated rings. The molecule has 2 heteroatoms. The van der Waals surface area contributed by atoms with Crippen LogP contribution in [-0.2, 0) is 4.74 Å². The highest BCUT2D eigenvalue weighted by atomic mass is 16.5. The Kier molecular flexibility index (Phi) is 7.69. The van der Waals surface area contributed by atoms with Crippen molar-refractivity contribution in [1.29, 1.82) is 0 Å². The summed E-state index contributed by atoms with van der Waals surface area (Å²) < 4.78 is 5.84. The van der Waals surface area contributed by atoms with Crippen LogP contribution in [0, 0.1) is 0 Å². The number of likely N-dealkylation sites (N-methyl/N-ethyl adjacent to an activating group) is 1. The van der Waals surface area contributed by atoms with E-state index in [4.69, 9.17) is 4.74 Å². The molecule has 0 aromatic heterocycles. The van der Waals surface area contributed by atoms with Gasteiger partial charge >= 0.3 is 0 Å². The third-order valence-electron chi connectivity index (χ3n) is 3.10. The minimum absolute atomic E-state index is 0.156. The van der Waals surface area contributed by atoms with Gasteiger partial charge < -0.3 is 9.64 Å². The van der Waals surface area contributed by atoms with E-state index < -0.39 is 0 Å². The number of hydrogen-bond acceptors (Lipinski definition) is 2. The Labute approximate surface area is 102 Å². The first kappa shape index (κ1) is 15.7. The number of rotatable bonds is 0. The average molecular weight is 227 g/mol. The highest BCUT2D eigenvalue weighted by molar-refractivity contribution is 5.04. The molecule has 2 rings (SSSR count). The summed E-state index contributed by atoms with van der Waals surface area (Å²) >= 11 is 0. The smallest absolute Gasteiger partial charge is 0.0862 e. The molecule has 2 heterocycles. The first-order valence-electron chi connectivity index (χ1n) is 6.71. The highest BCUT2D eigenvalue weighted by Crippen LogP contribution is 2.34. The Morgan fingerprint density at radius 2 is 1.81 bits per heavy atom. The number of hydrogen-bond donors (Lipinski definition) is 0. The van der Waals surface area contributed by atoms with Gasteiger partial charge in [0.1, 0.15) is 0 Å². The SMILES string of the molecule is CC.CC.CC1CC2(CC=CCO2)CN1C. The molecule has 16 heavy (non-hydrogen) atoms. The molecule has 0 saturated carbocycles. The molecule has 0 aliphatic carbocycles. The van der Waals surface area contributed by atoms with Gasteiger partial charge in [0.2, 0.25) is 0 Å². The Bertz CT molecular complexity index is 191. The molecule has 0 radical (unpaired) electrons. The van der Waals surface area contributed by atoms with E-state index >= 15 is 0 Å². The van der Waals surface area contributed by atoms with E-state index in [-0.39, 0.29) is 5.60 Å². The molecule has 0 N–H and O–H groups in total. The van der Waals surface area contributed by atoms with E-state index in [1.807, 2.05) is 27.7 Å². The maximum absolute atomic E-state index is 5.84. The van der Waals surface area contributed by atoms with Gasteiger partial charge in [-0.15, -0.1) is 0 Å². The van der Waals surface area contributed by atoms with Gasteiger partial charge in [0.05, 0.1) is 12.2 Å². The lowest BCUT2D eigenvalue weighted by Gasteiger charge is -2.30. The van der Waals surface area contributed by atoms with E-state index in [0.29, 0.717) is 6.04 Å². The fourth-order valence-corrected chi connectivity index (χ4v) is 2.27. The van der Waals surface area contributed by atoms with Crippen LogP contribution in [0.3, 0.4) is 0 Å². The molecular formula is C14H29NO. The van der Waals surface area contributed by atoms with Crippen LogP contribution in [0.2, 0.25) is 0 Å². The van der Waals surface area contributed by atoms with Crippen molar-refractivity contribution in [3.63, 3.8) is 0 Å². The monoisotopic (exact) mass is 227 g/mol. The van der Waals surface area contributed by atoms with Gasteiger partial charge in [0.25, 0.3) is 0 Å². The predicted molar refractivity (Wildman–Crippen MR) is 71.8 cm³/mol. The van der Waals surface area contributed by atoms with Crippen LogP contribution in [0.1, 0.15) is 47.5 Å². The lowest BCUT2D eigenvalue weighted by molar-refractivity contribution is -0.0265. The Morgan fingerprint density at radius 1 is 1.19 bits per heavy atom. The van der Waals surface area contributed by atoms with Crippen molar-refractivity contribution < 1.29 is 4.74 Å². The average Bonchev–Trinajstić information content (AvgIpc) is 2.60. The van der Waals surface area contributed by atoms with E-state index in [9.17, 15) is 0 Å². The van der Waals surface area contributed by atoms with Crippen molar-refractivity contribution in [2.24, 2.45) is 0 Å². The summed E-state index contributed by atoms with van der Waals surface area (Å²) in [5.74, 6) is 0. The topological polar surface area (TPSA) is 12.5 Å². The molecule has 2 atom stereocenters. The van der Waals surface area contributed by atoms with Crippen LogP contribution in [0.25, 0.3) is 0 Å². The van der Waals surface area contributed by atoms with Gasteiger partial charge in [0.15, 0.2) is 0 Å². The Balaban J connectivity index is 0.000000509. The summed E-state index contributed by atoms with van der Waals surface area (Å²) in [6.07, 6.45) is 6.67. The highest BCUT2D eigenvalue weighted by Gasteiger charge is 2.41. The van der Waals surface area contributed by atoms with Crippen molar-refractivity contribution in [1.82, 2.24) is 4.90 Å². The minimum Gasteiger partial charge on any atom is -0.369 e. The molecule has 0 bridgehead atoms. The molecule has 1 spiro atoms. The number of ether oxygens (including phenoxy) is 1. The second-order valence-electron chi connectivity index (χ2n) is 4.14. The summed E-state index contributed by atoms with van der Waals surface area (Å²) in [6, 6.07) is 0.677. The van der Waals surface area contributed by atoms with Crippen LogP contribution in [0.15, 0.2) is 12.2 Å². The Morgan fingerprint density at radius 3 is 2.19 bits per heavy atom. The van der Waals surface area contributed by atoms with Crippen LogP contribution in [0.5, 0.6) is 0 Å². The van der Waals surface area contributed by atoms with Crippen molar-refractivity contribution in [3.05, 3.63) is 12.2 Å². The van der Waals surface area contributed by atoms with Crippen LogP contribution >= 0.6 is 0 Å². The lowest BCUT2D eigenvalue weighted by Crippen LogP contribution is -2.36. The van der Waals surface area contributed by atoms with Gasteiger partial charge in [-0.2, -0.15) is 0 Å². The Hall–Kier alpha value is -0.340. The predicted octanol–water partition coefficient (Wildman–Crippen LogP) is 3.48. The number of nitrogens with zero attached hydrogens (tertiary/aromatic N) is 1. The van der Waals surface area contributed by atoms with Gasteiger partial charge in [-0.25, -0.2) is 0 Å². The minimum atomic E-state index is 0.156. The molecule has 2 aliphatic heterocycles. The maximum atomic E-state index is 5.84. The van der Waals surface area contributed by atoms with Crippen molar-refractivity contribution in [2.45, 2.75) is 59.1 Å². The maximum Gasteiger partial charge on any atom is 0.0862 e. The van der Waals surface area contributed by atoms with Crippen LogP contribution in [-0.4, -0.2) is 36.7 Å². The fraction of sp³-hybridized carbons (Fsp3) is 0.857. The largest absolute Gasteiger partial charge is 0.369 e. The zero-order valence-corrected chi connectivity index (χ0v) is 11.9. The quantitative estimate of drug-likeness (QED) is 0.587. The summed E-state index contributed by atoms with van der Waals surface area (Å²) in [7, 11) is 2.18. The van der Waals surface area contributed by atoms with Gasteiger partial charge in [-0.05, 0) is 26.8 Å². The third kappa shape index (κ3) is 3.91. The van der Waals surface area contributed by atoms with Gasteiger partial charge in [0, 0.05) is 12.6 Å². The molecule has 0 aromatic carbocycles. The lowest BCUT2D eigenvalue weighted by atomic mass is 9.95. The van der Waals surface area contributed by atoms with Crippen molar-refractivity contribution in [3.8, 4) is 0 Å². The summed E-state index contributed by atoms with van der Waals surface area (Å²) in [5, 5.41) is 0. The van der Waals surface area contributed by atoms with Crippen LogP contribution < -0.4 is 0 Å². The second-order valence-corrected chi connectivity index (χ2v) is 4.14. The molecule has 96 valence electrons. The summed E-state index contributed by atoms with van der Waals surface area (Å²) in [6.45, 7) is 12.2. The zero-order valence-electron chi connectivity index (χ0n) is 11.9. The van der Waals surface area contributed by atoms with Crippen molar-refractivity contribution in [2.75, 3.05) is 20.2 Å². The van der Waals surface area contributed by atoms with E-state index in [2.05, 4.69) is 31.0 Å². The molecule has 1 saturated heterocycles. The van der Waals surface area contributed by atoms with E-state index in [1.54, 1.807) is 0 Å². The molecule has 0 amide bonds. The number of likely N-dealkylation sites (tertiary alicyclic amines) is 1. The molecule has 2 unspecified atom stereocenters. The second kappa shape index (κ2) is 7.86.